The van der Waals surface area contributed by atoms with Gasteiger partial charge >= 0.3 is 0 Å². The summed E-state index contributed by atoms with van der Waals surface area (Å²) in [5.41, 5.74) is 0. The van der Waals surface area contributed by atoms with Crippen LogP contribution in [0.5, 0.6) is 0 Å². The number of rotatable bonds is 2. The summed E-state index contributed by atoms with van der Waals surface area (Å²) in [7, 11) is 0. The van der Waals surface area contributed by atoms with E-state index in [1.807, 2.05) is 0 Å². The van der Waals surface area contributed by atoms with Crippen molar-refractivity contribution in [3.63, 3.8) is 0 Å². The van der Waals surface area contributed by atoms with Crippen molar-refractivity contribution in [2.75, 3.05) is 19.6 Å². The number of likely N-dealkylation sites (tertiary alicyclic amines) is 1. The normalized spacial score (nSPS) is 31.1. The number of piperidine rings is 1. The lowest BCUT2D eigenvalue weighted by molar-refractivity contribution is -0.121. The highest BCUT2D eigenvalue weighted by atomic mass is 16.1. The first kappa shape index (κ1) is 9.20. The second kappa shape index (κ2) is 4.23. The Morgan fingerprint density at radius 2 is 1.92 bits per heavy atom. The molecule has 1 aliphatic heterocycles. The van der Waals surface area contributed by atoms with Crippen molar-refractivity contribution in [2.24, 2.45) is 5.92 Å². The topological polar surface area (TPSA) is 20.3 Å². The molecule has 13 heavy (non-hydrogen) atoms. The van der Waals surface area contributed by atoms with Gasteiger partial charge in [0.1, 0.15) is 5.78 Å². The van der Waals surface area contributed by atoms with Crippen molar-refractivity contribution >= 4 is 5.78 Å². The Hall–Kier alpha value is -0.370. The van der Waals surface area contributed by atoms with Gasteiger partial charge < -0.3 is 4.90 Å². The molecule has 1 unspecified atom stereocenters. The van der Waals surface area contributed by atoms with Crippen LogP contribution in [-0.4, -0.2) is 30.3 Å². The molecule has 0 aromatic heterocycles. The summed E-state index contributed by atoms with van der Waals surface area (Å²) in [6.07, 6.45) is 7.18. The van der Waals surface area contributed by atoms with E-state index in [9.17, 15) is 4.79 Å². The largest absolute Gasteiger partial charge is 0.303 e. The van der Waals surface area contributed by atoms with Gasteiger partial charge in [-0.1, -0.05) is 6.42 Å². The lowest BCUT2D eigenvalue weighted by Crippen LogP contribution is -2.35. The fourth-order valence-corrected chi connectivity index (χ4v) is 2.53. The Balaban J connectivity index is 1.79. The summed E-state index contributed by atoms with van der Waals surface area (Å²) >= 11 is 0. The van der Waals surface area contributed by atoms with Crippen molar-refractivity contribution in [1.82, 2.24) is 4.90 Å². The molecule has 1 saturated carbocycles. The number of hydrogen-bond donors (Lipinski definition) is 0. The highest BCUT2D eigenvalue weighted by molar-refractivity contribution is 5.83. The minimum atomic E-state index is 0.387. The fourth-order valence-electron chi connectivity index (χ4n) is 2.53. The number of nitrogens with zero attached hydrogens (tertiary/aromatic N) is 1. The predicted octanol–water partition coefficient (Wildman–Crippen LogP) is 1.84. The molecule has 1 saturated heterocycles. The molecule has 0 amide bonds. The van der Waals surface area contributed by atoms with Gasteiger partial charge in [-0.25, -0.2) is 0 Å². The van der Waals surface area contributed by atoms with E-state index in [-0.39, 0.29) is 0 Å². The van der Waals surface area contributed by atoms with Gasteiger partial charge in [0.15, 0.2) is 0 Å². The van der Waals surface area contributed by atoms with Crippen LogP contribution < -0.4 is 0 Å². The van der Waals surface area contributed by atoms with Crippen LogP contribution >= 0.6 is 0 Å². The molecule has 74 valence electrons. The van der Waals surface area contributed by atoms with Gasteiger partial charge in [-0.3, -0.25) is 4.79 Å². The minimum absolute atomic E-state index is 0.387. The number of ketones is 1. The first-order valence-corrected chi connectivity index (χ1v) is 5.61. The average Bonchev–Trinajstić information content (AvgIpc) is 2.54. The van der Waals surface area contributed by atoms with Crippen molar-refractivity contribution in [2.45, 2.75) is 38.5 Å². The quantitative estimate of drug-likeness (QED) is 0.648. The van der Waals surface area contributed by atoms with Crippen molar-refractivity contribution in [3.8, 4) is 0 Å². The number of hydrogen-bond acceptors (Lipinski definition) is 2. The Morgan fingerprint density at radius 3 is 2.54 bits per heavy atom. The Kier molecular flexibility index (Phi) is 2.99. The molecule has 1 aliphatic carbocycles. The molecule has 2 rings (SSSR count). The van der Waals surface area contributed by atoms with Crippen LogP contribution in [0.1, 0.15) is 38.5 Å². The van der Waals surface area contributed by atoms with E-state index < -0.39 is 0 Å². The van der Waals surface area contributed by atoms with Gasteiger partial charge in [0.25, 0.3) is 0 Å². The van der Waals surface area contributed by atoms with Crippen molar-refractivity contribution in [1.29, 1.82) is 0 Å². The fraction of sp³-hybridized carbons (Fsp3) is 0.909. The molecule has 1 atom stereocenters. The number of carbonyl (C=O) groups excluding carboxylic acids is 1. The van der Waals surface area contributed by atoms with Crippen LogP contribution in [0.3, 0.4) is 0 Å². The molecule has 0 aromatic rings. The molecule has 2 fully saturated rings. The van der Waals surface area contributed by atoms with E-state index in [1.165, 1.54) is 32.4 Å². The highest BCUT2D eigenvalue weighted by Crippen LogP contribution is 2.23. The maximum Gasteiger partial charge on any atom is 0.137 e. The zero-order valence-electron chi connectivity index (χ0n) is 8.30. The molecule has 2 heteroatoms. The smallest absolute Gasteiger partial charge is 0.137 e. The number of carbonyl (C=O) groups is 1. The lowest BCUT2D eigenvalue weighted by Gasteiger charge is -2.28. The van der Waals surface area contributed by atoms with E-state index >= 15 is 0 Å². The molecular formula is C11H19NO. The summed E-state index contributed by atoms with van der Waals surface area (Å²) in [4.78, 5) is 13.9. The first-order chi connectivity index (χ1) is 6.36. The molecule has 0 aromatic carbocycles. The summed E-state index contributed by atoms with van der Waals surface area (Å²) in [6.45, 7) is 3.51. The maximum absolute atomic E-state index is 11.4. The third-order valence-corrected chi connectivity index (χ3v) is 3.36. The van der Waals surface area contributed by atoms with Crippen molar-refractivity contribution in [3.05, 3.63) is 0 Å². The molecule has 2 nitrogen and oxygen atoms in total. The monoisotopic (exact) mass is 181 g/mol. The van der Waals surface area contributed by atoms with Gasteiger partial charge in [0.05, 0.1) is 0 Å². The average molecular weight is 181 g/mol. The van der Waals surface area contributed by atoms with Gasteiger partial charge in [0.2, 0.25) is 0 Å². The molecule has 0 spiro atoms. The van der Waals surface area contributed by atoms with Crippen LogP contribution in [0, 0.1) is 5.92 Å². The van der Waals surface area contributed by atoms with Crippen LogP contribution in [-0.2, 0) is 4.79 Å². The minimum Gasteiger partial charge on any atom is -0.303 e. The zero-order chi connectivity index (χ0) is 9.10. The Bertz CT molecular complexity index is 185. The van der Waals surface area contributed by atoms with Crippen LogP contribution in [0.2, 0.25) is 0 Å². The van der Waals surface area contributed by atoms with E-state index in [0.717, 1.165) is 25.8 Å². The standard InChI is InChI=1S/C11H19NO/c13-11-6-4-5-10(11)9-12-7-2-1-3-8-12/h10H,1-9H2. The zero-order valence-corrected chi connectivity index (χ0v) is 8.30. The van der Waals surface area contributed by atoms with E-state index in [4.69, 9.17) is 0 Å². The Labute approximate surface area is 80.3 Å². The van der Waals surface area contributed by atoms with Crippen molar-refractivity contribution < 1.29 is 4.79 Å². The van der Waals surface area contributed by atoms with Crippen LogP contribution in [0.4, 0.5) is 0 Å². The Morgan fingerprint density at radius 1 is 1.15 bits per heavy atom. The molecular weight excluding hydrogens is 162 g/mol. The third-order valence-electron chi connectivity index (χ3n) is 3.36. The molecule has 0 radical (unpaired) electrons. The molecule has 0 bridgehead atoms. The van der Waals surface area contributed by atoms with Crippen LogP contribution in [0.25, 0.3) is 0 Å². The van der Waals surface area contributed by atoms with E-state index in [1.54, 1.807) is 0 Å². The maximum atomic E-state index is 11.4. The van der Waals surface area contributed by atoms with E-state index in [0.29, 0.717) is 11.7 Å². The summed E-state index contributed by atoms with van der Waals surface area (Å²) in [5.74, 6) is 0.906. The lowest BCUT2D eigenvalue weighted by atomic mass is 10.0. The summed E-state index contributed by atoms with van der Waals surface area (Å²) in [5, 5.41) is 0. The predicted molar refractivity (Wildman–Crippen MR) is 52.6 cm³/mol. The molecule has 0 N–H and O–H groups in total. The SMILES string of the molecule is O=C1CCCC1CN1CCCCC1. The van der Waals surface area contributed by atoms with Gasteiger partial charge in [-0.2, -0.15) is 0 Å². The second-order valence-electron chi connectivity index (χ2n) is 4.42. The first-order valence-electron chi connectivity index (χ1n) is 5.61. The second-order valence-corrected chi connectivity index (χ2v) is 4.42. The molecule has 1 heterocycles. The van der Waals surface area contributed by atoms with Gasteiger partial charge in [0, 0.05) is 18.9 Å². The van der Waals surface area contributed by atoms with Gasteiger partial charge in [-0.05, 0) is 38.8 Å². The summed E-state index contributed by atoms with van der Waals surface area (Å²) < 4.78 is 0. The van der Waals surface area contributed by atoms with Gasteiger partial charge in [-0.15, -0.1) is 0 Å². The van der Waals surface area contributed by atoms with E-state index in [2.05, 4.69) is 4.90 Å². The highest BCUT2D eigenvalue weighted by Gasteiger charge is 2.26. The molecule has 2 aliphatic rings. The number of Topliss-reactive ketones (excluding diaryl/α,β-unsaturated/α-hetero) is 1. The van der Waals surface area contributed by atoms with Crippen LogP contribution in [0.15, 0.2) is 0 Å². The third kappa shape index (κ3) is 2.31. The summed E-state index contributed by atoms with van der Waals surface area (Å²) in [6, 6.07) is 0.